The molecule has 19 heavy (non-hydrogen) atoms. The van der Waals surface area contributed by atoms with Crippen LogP contribution < -0.4 is 10.5 Å². The quantitative estimate of drug-likeness (QED) is 0.838. The number of hydrogen-bond acceptors (Lipinski definition) is 3. The number of rotatable bonds is 6. The van der Waals surface area contributed by atoms with Crippen LogP contribution in [0, 0.1) is 18.7 Å². The van der Waals surface area contributed by atoms with Gasteiger partial charge in [-0.25, -0.2) is 17.5 Å². The molecule has 1 aromatic rings. The van der Waals surface area contributed by atoms with Gasteiger partial charge in [0.1, 0.15) is 5.82 Å². The van der Waals surface area contributed by atoms with Crippen molar-refractivity contribution in [2.45, 2.75) is 38.1 Å². The van der Waals surface area contributed by atoms with Crippen LogP contribution in [-0.2, 0) is 10.0 Å². The van der Waals surface area contributed by atoms with Gasteiger partial charge < -0.3 is 5.73 Å². The average Bonchev–Trinajstić information content (AvgIpc) is 2.30. The van der Waals surface area contributed by atoms with E-state index in [1.54, 1.807) is 0 Å². The van der Waals surface area contributed by atoms with E-state index in [1.165, 1.54) is 19.1 Å². The highest BCUT2D eigenvalue weighted by Gasteiger charge is 2.20. The molecular formula is C13H21FN2O2S. The Labute approximate surface area is 114 Å². The van der Waals surface area contributed by atoms with Gasteiger partial charge in [0.05, 0.1) is 4.90 Å². The Morgan fingerprint density at radius 2 is 2.00 bits per heavy atom. The van der Waals surface area contributed by atoms with Crippen molar-refractivity contribution in [3.8, 4) is 0 Å². The summed E-state index contributed by atoms with van der Waals surface area (Å²) in [7, 11) is -3.65. The van der Waals surface area contributed by atoms with Gasteiger partial charge in [-0.3, -0.25) is 0 Å². The molecule has 0 aromatic heterocycles. The maximum atomic E-state index is 13.2. The summed E-state index contributed by atoms with van der Waals surface area (Å²) in [6, 6.07) is 3.42. The fourth-order valence-electron chi connectivity index (χ4n) is 1.83. The third kappa shape index (κ3) is 4.56. The summed E-state index contributed by atoms with van der Waals surface area (Å²) in [5, 5.41) is 0. The second-order valence-corrected chi connectivity index (χ2v) is 6.81. The third-order valence-electron chi connectivity index (χ3n) is 2.80. The largest absolute Gasteiger partial charge is 0.329 e. The Balaban J connectivity index is 2.93. The fraction of sp³-hybridized carbons (Fsp3) is 0.538. The van der Waals surface area contributed by atoms with Gasteiger partial charge in [0.25, 0.3) is 0 Å². The Hall–Kier alpha value is -0.980. The van der Waals surface area contributed by atoms with Crippen molar-refractivity contribution in [1.82, 2.24) is 4.72 Å². The summed E-state index contributed by atoms with van der Waals surface area (Å²) >= 11 is 0. The lowest BCUT2D eigenvalue weighted by atomic mass is 10.1. The first-order chi connectivity index (χ1) is 8.76. The minimum Gasteiger partial charge on any atom is -0.329 e. The molecule has 0 aliphatic heterocycles. The molecule has 6 heteroatoms. The van der Waals surface area contributed by atoms with Crippen molar-refractivity contribution in [2.75, 3.05) is 6.54 Å². The molecule has 0 aliphatic rings. The summed E-state index contributed by atoms with van der Waals surface area (Å²) in [5.41, 5.74) is 5.88. The van der Waals surface area contributed by atoms with Crippen LogP contribution in [0.3, 0.4) is 0 Å². The zero-order valence-corrected chi connectivity index (χ0v) is 12.3. The van der Waals surface area contributed by atoms with E-state index in [9.17, 15) is 12.8 Å². The Morgan fingerprint density at radius 1 is 1.37 bits per heavy atom. The number of sulfonamides is 1. The Kier molecular flexibility index (Phi) is 5.46. The number of benzene rings is 1. The molecule has 0 spiro atoms. The van der Waals surface area contributed by atoms with Gasteiger partial charge in [0.2, 0.25) is 10.0 Å². The van der Waals surface area contributed by atoms with Crippen molar-refractivity contribution in [3.05, 3.63) is 29.6 Å². The summed E-state index contributed by atoms with van der Waals surface area (Å²) in [4.78, 5) is 0.0635. The van der Waals surface area contributed by atoms with E-state index in [2.05, 4.69) is 4.72 Å². The number of nitrogens with one attached hydrogen (secondary N) is 1. The zero-order valence-electron chi connectivity index (χ0n) is 11.5. The second-order valence-electron chi connectivity index (χ2n) is 5.09. The van der Waals surface area contributed by atoms with Crippen LogP contribution in [0.4, 0.5) is 4.39 Å². The highest BCUT2D eigenvalue weighted by Crippen LogP contribution is 2.15. The van der Waals surface area contributed by atoms with Crippen molar-refractivity contribution < 1.29 is 12.8 Å². The van der Waals surface area contributed by atoms with Gasteiger partial charge in [-0.05, 0) is 43.0 Å². The second kappa shape index (κ2) is 6.45. The first-order valence-electron chi connectivity index (χ1n) is 6.24. The summed E-state index contributed by atoms with van der Waals surface area (Å²) in [5.74, 6) is -0.0808. The maximum Gasteiger partial charge on any atom is 0.240 e. The standard InChI is InChI=1S/C13H21FN2O2S/c1-9(2)6-11(8-15)16-19(17,18)12-4-5-13(14)10(3)7-12/h4-5,7,9,11,16H,6,8,15H2,1-3H3. The molecule has 0 saturated carbocycles. The molecule has 108 valence electrons. The minimum absolute atomic E-state index is 0.0635. The average molecular weight is 288 g/mol. The van der Waals surface area contributed by atoms with Crippen molar-refractivity contribution in [2.24, 2.45) is 11.7 Å². The molecule has 4 nitrogen and oxygen atoms in total. The van der Waals surface area contributed by atoms with E-state index in [0.717, 1.165) is 6.07 Å². The van der Waals surface area contributed by atoms with Crippen LogP contribution in [-0.4, -0.2) is 21.0 Å². The van der Waals surface area contributed by atoms with E-state index in [0.29, 0.717) is 17.9 Å². The Morgan fingerprint density at radius 3 is 2.47 bits per heavy atom. The monoisotopic (exact) mass is 288 g/mol. The van der Waals surface area contributed by atoms with E-state index < -0.39 is 15.8 Å². The predicted octanol–water partition coefficient (Wildman–Crippen LogP) is 1.79. The van der Waals surface area contributed by atoms with E-state index in [-0.39, 0.29) is 17.5 Å². The Bertz CT molecular complexity index is 529. The lowest BCUT2D eigenvalue weighted by Gasteiger charge is -2.19. The molecule has 1 unspecified atom stereocenters. The van der Waals surface area contributed by atoms with Crippen LogP contribution in [0.15, 0.2) is 23.1 Å². The van der Waals surface area contributed by atoms with Crippen molar-refractivity contribution in [1.29, 1.82) is 0 Å². The molecule has 1 atom stereocenters. The van der Waals surface area contributed by atoms with Gasteiger partial charge >= 0.3 is 0 Å². The van der Waals surface area contributed by atoms with Crippen LogP contribution in [0.5, 0.6) is 0 Å². The van der Waals surface area contributed by atoms with Gasteiger partial charge in [-0.15, -0.1) is 0 Å². The van der Waals surface area contributed by atoms with Crippen LogP contribution >= 0.6 is 0 Å². The molecule has 0 saturated heterocycles. The van der Waals surface area contributed by atoms with E-state index in [1.807, 2.05) is 13.8 Å². The number of nitrogens with two attached hydrogens (primary N) is 1. The normalized spacial score (nSPS) is 13.8. The molecule has 0 amide bonds. The highest BCUT2D eigenvalue weighted by atomic mass is 32.2. The van der Waals surface area contributed by atoms with Crippen LogP contribution in [0.25, 0.3) is 0 Å². The molecular weight excluding hydrogens is 267 g/mol. The van der Waals surface area contributed by atoms with E-state index in [4.69, 9.17) is 5.73 Å². The van der Waals surface area contributed by atoms with Gasteiger partial charge in [-0.2, -0.15) is 0 Å². The molecule has 0 aliphatic carbocycles. The molecule has 3 N–H and O–H groups in total. The minimum atomic E-state index is -3.65. The van der Waals surface area contributed by atoms with Gasteiger partial charge in [0, 0.05) is 12.6 Å². The van der Waals surface area contributed by atoms with Crippen molar-refractivity contribution >= 4 is 10.0 Å². The number of hydrogen-bond donors (Lipinski definition) is 2. The van der Waals surface area contributed by atoms with Crippen LogP contribution in [0.2, 0.25) is 0 Å². The molecule has 1 rings (SSSR count). The smallest absolute Gasteiger partial charge is 0.240 e. The molecule has 0 radical (unpaired) electrons. The van der Waals surface area contributed by atoms with Crippen molar-refractivity contribution in [3.63, 3.8) is 0 Å². The first-order valence-corrected chi connectivity index (χ1v) is 7.73. The lowest BCUT2D eigenvalue weighted by molar-refractivity contribution is 0.465. The third-order valence-corrected chi connectivity index (χ3v) is 4.32. The lowest BCUT2D eigenvalue weighted by Crippen LogP contribution is -2.41. The summed E-state index contributed by atoms with van der Waals surface area (Å²) < 4.78 is 40.0. The SMILES string of the molecule is Cc1cc(S(=O)(=O)NC(CN)CC(C)C)ccc1F. The summed E-state index contributed by atoms with van der Waals surface area (Å²) in [6.07, 6.45) is 0.663. The fourth-order valence-corrected chi connectivity index (χ4v) is 3.18. The summed E-state index contributed by atoms with van der Waals surface area (Å²) in [6.45, 7) is 5.76. The number of aryl methyl sites for hydroxylation is 1. The molecule has 0 bridgehead atoms. The first kappa shape index (κ1) is 16.1. The van der Waals surface area contributed by atoms with E-state index >= 15 is 0 Å². The van der Waals surface area contributed by atoms with Gasteiger partial charge in [0.15, 0.2) is 0 Å². The molecule has 1 aromatic carbocycles. The van der Waals surface area contributed by atoms with Gasteiger partial charge in [-0.1, -0.05) is 13.8 Å². The zero-order chi connectivity index (χ0) is 14.6. The predicted molar refractivity (Wildman–Crippen MR) is 73.8 cm³/mol. The van der Waals surface area contributed by atoms with Crippen LogP contribution in [0.1, 0.15) is 25.8 Å². The highest BCUT2D eigenvalue weighted by molar-refractivity contribution is 7.89. The molecule has 0 fully saturated rings. The maximum absolute atomic E-state index is 13.2. The molecule has 0 heterocycles. The topological polar surface area (TPSA) is 72.2 Å². The number of halogens is 1.